The van der Waals surface area contributed by atoms with Crippen molar-refractivity contribution >= 4 is 11.6 Å². The number of nitrogens with one attached hydrogen (secondary N) is 1. The molecule has 0 radical (unpaired) electrons. The molecule has 0 aromatic heterocycles. The van der Waals surface area contributed by atoms with Crippen molar-refractivity contribution in [1.82, 2.24) is 0 Å². The van der Waals surface area contributed by atoms with Crippen LogP contribution in [0.25, 0.3) is 0 Å². The number of aliphatic hydroxyl groups is 1. The maximum Gasteiger partial charge on any atom is 0.227 e. The fraction of sp³-hybridized carbons (Fsp3) is 0.500. The number of benzene rings is 1. The molecule has 1 amide bonds. The first-order valence-corrected chi connectivity index (χ1v) is 6.17. The molecule has 3 heteroatoms. The molecule has 0 spiro atoms. The normalized spacial score (nSPS) is 12.5. The van der Waals surface area contributed by atoms with E-state index in [1.165, 1.54) is 0 Å². The van der Waals surface area contributed by atoms with E-state index in [9.17, 15) is 9.90 Å². The van der Waals surface area contributed by atoms with Crippen molar-refractivity contribution in [2.24, 2.45) is 5.92 Å². The maximum atomic E-state index is 11.9. The summed E-state index contributed by atoms with van der Waals surface area (Å²) in [6, 6.07) is 7.33. The number of carbonyl (C=O) groups is 1. The van der Waals surface area contributed by atoms with Gasteiger partial charge in [0.1, 0.15) is 0 Å². The van der Waals surface area contributed by atoms with Crippen LogP contribution < -0.4 is 5.32 Å². The zero-order valence-electron chi connectivity index (χ0n) is 10.7. The van der Waals surface area contributed by atoms with Crippen molar-refractivity contribution in [2.75, 3.05) is 5.32 Å². The van der Waals surface area contributed by atoms with Crippen molar-refractivity contribution in [3.8, 4) is 0 Å². The third-order valence-corrected chi connectivity index (χ3v) is 2.99. The maximum absolute atomic E-state index is 11.9. The molecule has 1 aromatic rings. The molecule has 0 aliphatic heterocycles. The van der Waals surface area contributed by atoms with Crippen LogP contribution in [0.2, 0.25) is 0 Å². The second kappa shape index (κ2) is 6.40. The molecule has 94 valence electrons. The van der Waals surface area contributed by atoms with Gasteiger partial charge >= 0.3 is 0 Å². The van der Waals surface area contributed by atoms with E-state index in [2.05, 4.69) is 5.32 Å². The van der Waals surface area contributed by atoms with Crippen molar-refractivity contribution in [3.63, 3.8) is 0 Å². The molecule has 0 aliphatic rings. The number of anilines is 1. The van der Waals surface area contributed by atoms with Gasteiger partial charge in [-0.05, 0) is 37.5 Å². The summed E-state index contributed by atoms with van der Waals surface area (Å²) in [6.07, 6.45) is 1.18. The molecule has 1 rings (SSSR count). The van der Waals surface area contributed by atoms with Crippen LogP contribution in [0.3, 0.4) is 0 Å². The van der Waals surface area contributed by atoms with Gasteiger partial charge in [0.2, 0.25) is 5.91 Å². The van der Waals surface area contributed by atoms with Crippen molar-refractivity contribution in [1.29, 1.82) is 0 Å². The Hall–Kier alpha value is -1.35. The average molecular weight is 235 g/mol. The van der Waals surface area contributed by atoms with E-state index in [0.717, 1.165) is 24.1 Å². The number of hydrogen-bond acceptors (Lipinski definition) is 2. The van der Waals surface area contributed by atoms with E-state index in [1.54, 1.807) is 6.92 Å². The van der Waals surface area contributed by atoms with E-state index in [1.807, 2.05) is 38.1 Å². The molecule has 0 saturated carbocycles. The monoisotopic (exact) mass is 235 g/mol. The van der Waals surface area contributed by atoms with E-state index in [0.29, 0.717) is 0 Å². The lowest BCUT2D eigenvalue weighted by atomic mass is 10.0. The van der Waals surface area contributed by atoms with Crippen LogP contribution in [0, 0.1) is 5.92 Å². The summed E-state index contributed by atoms with van der Waals surface area (Å²) in [5, 5.41) is 12.4. The first-order chi connectivity index (χ1) is 8.08. The Balaban J connectivity index is 2.74. The lowest BCUT2D eigenvalue weighted by Crippen LogP contribution is -2.21. The molecule has 2 N–H and O–H groups in total. The number of hydrogen-bond donors (Lipinski definition) is 2. The van der Waals surface area contributed by atoms with Crippen LogP contribution in [0.4, 0.5) is 5.69 Å². The van der Waals surface area contributed by atoms with E-state index in [4.69, 9.17) is 0 Å². The van der Waals surface area contributed by atoms with E-state index >= 15 is 0 Å². The summed E-state index contributed by atoms with van der Waals surface area (Å²) < 4.78 is 0. The lowest BCUT2D eigenvalue weighted by Gasteiger charge is -2.14. The predicted octanol–water partition coefficient (Wildman–Crippen LogP) is 3.11. The summed E-state index contributed by atoms with van der Waals surface area (Å²) in [5.41, 5.74) is 1.56. The molecule has 0 fully saturated rings. The number of carbonyl (C=O) groups excluding carboxylic acids is 1. The van der Waals surface area contributed by atoms with Crippen molar-refractivity contribution < 1.29 is 9.90 Å². The van der Waals surface area contributed by atoms with Crippen molar-refractivity contribution in [2.45, 2.75) is 39.7 Å². The highest BCUT2D eigenvalue weighted by Gasteiger charge is 2.14. The molecule has 0 saturated heterocycles. The highest BCUT2D eigenvalue weighted by atomic mass is 16.3. The number of aliphatic hydroxyl groups excluding tert-OH is 1. The molecule has 0 aliphatic carbocycles. The second-order valence-electron chi connectivity index (χ2n) is 4.30. The minimum atomic E-state index is -0.514. The number of amides is 1. The number of rotatable bonds is 5. The zero-order chi connectivity index (χ0) is 12.8. The Bertz CT molecular complexity index is 370. The van der Waals surface area contributed by atoms with Gasteiger partial charge in [-0.2, -0.15) is 0 Å². The Morgan fingerprint density at radius 1 is 1.35 bits per heavy atom. The third-order valence-electron chi connectivity index (χ3n) is 2.99. The minimum absolute atomic E-state index is 0.0535. The Morgan fingerprint density at radius 3 is 2.53 bits per heavy atom. The summed E-state index contributed by atoms with van der Waals surface area (Å²) in [6.45, 7) is 5.74. The van der Waals surface area contributed by atoms with Crippen molar-refractivity contribution in [3.05, 3.63) is 29.8 Å². The van der Waals surface area contributed by atoms with Crippen LogP contribution >= 0.6 is 0 Å². The van der Waals surface area contributed by atoms with Gasteiger partial charge in [-0.1, -0.05) is 26.0 Å². The standard InChI is InChI=1S/C14H21NO2/c1-4-11(5-2)14(17)15-13-8-6-7-12(9-13)10(3)16/h6-11,16H,4-5H2,1-3H3,(H,15,17)/t10-/m0/s1. The van der Waals surface area contributed by atoms with E-state index < -0.39 is 6.10 Å². The first kappa shape index (κ1) is 13.7. The molecular formula is C14H21NO2. The molecule has 17 heavy (non-hydrogen) atoms. The third kappa shape index (κ3) is 3.86. The van der Waals surface area contributed by atoms with Crippen LogP contribution in [-0.4, -0.2) is 11.0 Å². The van der Waals surface area contributed by atoms with Gasteiger partial charge < -0.3 is 10.4 Å². The van der Waals surface area contributed by atoms with Gasteiger partial charge in [-0.15, -0.1) is 0 Å². The predicted molar refractivity (Wildman–Crippen MR) is 69.8 cm³/mol. The van der Waals surface area contributed by atoms with Gasteiger partial charge in [0.25, 0.3) is 0 Å². The molecule has 0 heterocycles. The summed E-state index contributed by atoms with van der Waals surface area (Å²) in [4.78, 5) is 11.9. The van der Waals surface area contributed by atoms with Gasteiger partial charge in [-0.25, -0.2) is 0 Å². The van der Waals surface area contributed by atoms with Crippen LogP contribution in [0.1, 0.15) is 45.3 Å². The van der Waals surface area contributed by atoms with Gasteiger partial charge in [0.15, 0.2) is 0 Å². The fourth-order valence-corrected chi connectivity index (χ4v) is 1.78. The fourth-order valence-electron chi connectivity index (χ4n) is 1.78. The Kier molecular flexibility index (Phi) is 5.16. The van der Waals surface area contributed by atoms with Crippen LogP contribution in [-0.2, 0) is 4.79 Å². The average Bonchev–Trinajstić information content (AvgIpc) is 2.30. The molecular weight excluding hydrogens is 214 g/mol. The van der Waals surface area contributed by atoms with Gasteiger partial charge in [0, 0.05) is 11.6 Å². The molecule has 0 bridgehead atoms. The molecule has 0 unspecified atom stereocenters. The van der Waals surface area contributed by atoms with Crippen LogP contribution in [0.5, 0.6) is 0 Å². The summed E-state index contributed by atoms with van der Waals surface area (Å²) in [7, 11) is 0. The lowest BCUT2D eigenvalue weighted by molar-refractivity contribution is -0.120. The SMILES string of the molecule is CCC(CC)C(=O)Nc1cccc([C@H](C)O)c1. The van der Waals surface area contributed by atoms with E-state index in [-0.39, 0.29) is 11.8 Å². The van der Waals surface area contributed by atoms with Gasteiger partial charge in [-0.3, -0.25) is 4.79 Å². The molecule has 1 aromatic carbocycles. The highest BCUT2D eigenvalue weighted by Crippen LogP contribution is 2.18. The topological polar surface area (TPSA) is 49.3 Å². The summed E-state index contributed by atoms with van der Waals surface area (Å²) in [5.74, 6) is 0.114. The van der Waals surface area contributed by atoms with Crippen LogP contribution in [0.15, 0.2) is 24.3 Å². The second-order valence-corrected chi connectivity index (χ2v) is 4.30. The highest BCUT2D eigenvalue weighted by molar-refractivity contribution is 5.92. The Morgan fingerprint density at radius 2 is 2.00 bits per heavy atom. The Labute approximate surface area is 103 Å². The zero-order valence-corrected chi connectivity index (χ0v) is 10.7. The smallest absolute Gasteiger partial charge is 0.227 e. The summed E-state index contributed by atoms with van der Waals surface area (Å²) >= 11 is 0. The largest absolute Gasteiger partial charge is 0.389 e. The first-order valence-electron chi connectivity index (χ1n) is 6.17. The van der Waals surface area contributed by atoms with Gasteiger partial charge in [0.05, 0.1) is 6.10 Å². The minimum Gasteiger partial charge on any atom is -0.389 e. The molecule has 3 nitrogen and oxygen atoms in total. The molecule has 1 atom stereocenters. The quantitative estimate of drug-likeness (QED) is 0.823.